The summed E-state index contributed by atoms with van der Waals surface area (Å²) in [5, 5.41) is 8.66. The van der Waals surface area contributed by atoms with E-state index in [0.717, 1.165) is 12.0 Å². The summed E-state index contributed by atoms with van der Waals surface area (Å²) < 4.78 is 0. The van der Waals surface area contributed by atoms with Gasteiger partial charge in [-0.15, -0.1) is 0 Å². The molecule has 1 N–H and O–H groups in total. The average Bonchev–Trinajstić information content (AvgIpc) is 2.64. The van der Waals surface area contributed by atoms with E-state index in [-0.39, 0.29) is 0 Å². The Labute approximate surface area is 95.6 Å². The van der Waals surface area contributed by atoms with E-state index in [0.29, 0.717) is 0 Å². The Morgan fingerprint density at radius 2 is 2.12 bits per heavy atom. The summed E-state index contributed by atoms with van der Waals surface area (Å²) >= 11 is 0. The molecule has 2 nitrogen and oxygen atoms in total. The third-order valence-electron chi connectivity index (χ3n) is 3.33. The van der Waals surface area contributed by atoms with Crippen molar-refractivity contribution < 1.29 is 9.90 Å². The van der Waals surface area contributed by atoms with Gasteiger partial charge in [0.15, 0.2) is 0 Å². The fourth-order valence-electron chi connectivity index (χ4n) is 2.56. The van der Waals surface area contributed by atoms with Gasteiger partial charge in [0.2, 0.25) is 0 Å². The zero-order chi connectivity index (χ0) is 11.7. The van der Waals surface area contributed by atoms with Gasteiger partial charge in [-0.2, -0.15) is 0 Å². The maximum atomic E-state index is 10.5. The van der Waals surface area contributed by atoms with Crippen LogP contribution in [0.4, 0.5) is 0 Å². The van der Waals surface area contributed by atoms with Crippen LogP contribution in [-0.4, -0.2) is 11.1 Å². The van der Waals surface area contributed by atoms with Crippen molar-refractivity contribution in [1.29, 1.82) is 0 Å². The Bertz CT molecular complexity index is 470. The maximum Gasteiger partial charge on any atom is 0.328 e. The first-order valence-electron chi connectivity index (χ1n) is 5.62. The third kappa shape index (κ3) is 1.87. The maximum absolute atomic E-state index is 10.5. The van der Waals surface area contributed by atoms with Crippen LogP contribution in [-0.2, 0) is 17.6 Å². The lowest BCUT2D eigenvalue weighted by molar-refractivity contribution is -0.131. The molecule has 1 aliphatic carbocycles. The van der Waals surface area contributed by atoms with Crippen molar-refractivity contribution in [2.45, 2.75) is 33.1 Å². The van der Waals surface area contributed by atoms with E-state index in [1.54, 1.807) is 6.08 Å². The number of fused-ring (bicyclic) bond motifs is 1. The highest BCUT2D eigenvalue weighted by Gasteiger charge is 2.16. The Morgan fingerprint density at radius 1 is 1.38 bits per heavy atom. The van der Waals surface area contributed by atoms with E-state index < -0.39 is 5.97 Å². The number of rotatable bonds is 2. The molecule has 0 aliphatic heterocycles. The van der Waals surface area contributed by atoms with E-state index in [4.69, 9.17) is 5.11 Å². The van der Waals surface area contributed by atoms with Crippen molar-refractivity contribution in [3.8, 4) is 0 Å². The molecule has 0 saturated carbocycles. The average molecular weight is 216 g/mol. The van der Waals surface area contributed by atoms with Crippen LogP contribution in [0.25, 0.3) is 6.08 Å². The van der Waals surface area contributed by atoms with Gasteiger partial charge in [0.1, 0.15) is 0 Å². The van der Waals surface area contributed by atoms with E-state index >= 15 is 0 Å². The van der Waals surface area contributed by atoms with Crippen molar-refractivity contribution in [2.75, 3.05) is 0 Å². The van der Waals surface area contributed by atoms with Gasteiger partial charge in [0.25, 0.3) is 0 Å². The highest BCUT2D eigenvalue weighted by atomic mass is 16.4. The highest BCUT2D eigenvalue weighted by Crippen LogP contribution is 2.30. The number of hydrogen-bond acceptors (Lipinski definition) is 1. The minimum Gasteiger partial charge on any atom is -0.478 e. The molecule has 0 heterocycles. The highest BCUT2D eigenvalue weighted by molar-refractivity contribution is 5.86. The predicted octanol–water partition coefficient (Wildman–Crippen LogP) is 2.89. The molecule has 0 amide bonds. The fourth-order valence-corrected chi connectivity index (χ4v) is 2.56. The van der Waals surface area contributed by atoms with Gasteiger partial charge in [-0.1, -0.05) is 6.07 Å². The first-order chi connectivity index (χ1) is 7.59. The molecule has 1 aromatic carbocycles. The van der Waals surface area contributed by atoms with Crippen molar-refractivity contribution in [3.63, 3.8) is 0 Å². The quantitative estimate of drug-likeness (QED) is 0.772. The van der Waals surface area contributed by atoms with Crippen molar-refractivity contribution in [2.24, 2.45) is 0 Å². The van der Waals surface area contributed by atoms with Gasteiger partial charge < -0.3 is 5.11 Å². The molecule has 2 heteroatoms. The lowest BCUT2D eigenvalue weighted by Crippen LogP contribution is -1.96. The zero-order valence-electron chi connectivity index (χ0n) is 9.71. The van der Waals surface area contributed by atoms with Gasteiger partial charge in [0, 0.05) is 6.08 Å². The number of benzene rings is 1. The summed E-state index contributed by atoms with van der Waals surface area (Å²) in [6, 6.07) is 2.21. The smallest absolute Gasteiger partial charge is 0.328 e. The molecule has 0 aromatic heterocycles. The van der Waals surface area contributed by atoms with Crippen molar-refractivity contribution >= 4 is 12.0 Å². The second kappa shape index (κ2) is 4.12. The number of aliphatic carboxylic acids is 1. The number of carboxylic acids is 1. The monoisotopic (exact) mass is 216 g/mol. The fraction of sp³-hybridized carbons (Fsp3) is 0.357. The van der Waals surface area contributed by atoms with Crippen LogP contribution in [0, 0.1) is 13.8 Å². The Hall–Kier alpha value is -1.57. The predicted molar refractivity (Wildman–Crippen MR) is 64.6 cm³/mol. The largest absolute Gasteiger partial charge is 0.478 e. The second-order valence-electron chi connectivity index (χ2n) is 4.39. The molecule has 1 aromatic rings. The van der Waals surface area contributed by atoms with Gasteiger partial charge in [0.05, 0.1) is 0 Å². The minimum atomic E-state index is -0.890. The van der Waals surface area contributed by atoms with Crippen LogP contribution in [0.15, 0.2) is 12.1 Å². The van der Waals surface area contributed by atoms with Crippen molar-refractivity contribution in [1.82, 2.24) is 0 Å². The van der Waals surface area contributed by atoms with Gasteiger partial charge in [-0.3, -0.25) is 0 Å². The second-order valence-corrected chi connectivity index (χ2v) is 4.39. The van der Waals surface area contributed by atoms with Gasteiger partial charge in [-0.25, -0.2) is 4.79 Å². The van der Waals surface area contributed by atoms with Crippen LogP contribution < -0.4 is 0 Å². The molecule has 2 rings (SSSR count). The normalized spacial score (nSPS) is 14.4. The molecule has 0 radical (unpaired) electrons. The Kier molecular flexibility index (Phi) is 2.82. The summed E-state index contributed by atoms with van der Waals surface area (Å²) in [5.41, 5.74) is 6.38. The van der Waals surface area contributed by atoms with E-state index in [9.17, 15) is 4.79 Å². The van der Waals surface area contributed by atoms with E-state index in [1.165, 1.54) is 41.2 Å². The zero-order valence-corrected chi connectivity index (χ0v) is 9.71. The number of hydrogen-bond donors (Lipinski definition) is 1. The number of carbonyl (C=O) groups is 1. The first-order valence-corrected chi connectivity index (χ1v) is 5.62. The summed E-state index contributed by atoms with van der Waals surface area (Å²) in [6.07, 6.45) is 6.46. The third-order valence-corrected chi connectivity index (χ3v) is 3.33. The molecule has 0 spiro atoms. The number of aryl methyl sites for hydroxylation is 2. The molecule has 0 saturated heterocycles. The van der Waals surface area contributed by atoms with Gasteiger partial charge >= 0.3 is 5.97 Å². The van der Waals surface area contributed by atoms with Crippen molar-refractivity contribution in [3.05, 3.63) is 40.0 Å². The van der Waals surface area contributed by atoms with Crippen LogP contribution >= 0.6 is 0 Å². The molecular formula is C14H16O2. The number of carboxylic acid groups (broad SMARTS) is 1. The minimum absolute atomic E-state index is 0.890. The molecule has 0 bridgehead atoms. The van der Waals surface area contributed by atoms with Gasteiger partial charge in [-0.05, 0) is 67.0 Å². The first kappa shape index (κ1) is 10.9. The lowest BCUT2D eigenvalue weighted by Gasteiger charge is -2.11. The van der Waals surface area contributed by atoms with Crippen LogP contribution in [0.3, 0.4) is 0 Å². The molecule has 0 atom stereocenters. The molecule has 0 fully saturated rings. The Balaban J connectivity index is 2.50. The SMILES string of the molecule is Cc1cc2c(c(C)c1/C=C/C(=O)O)CCC2. The Morgan fingerprint density at radius 3 is 2.81 bits per heavy atom. The molecule has 16 heavy (non-hydrogen) atoms. The topological polar surface area (TPSA) is 37.3 Å². The summed E-state index contributed by atoms with van der Waals surface area (Å²) in [5.74, 6) is -0.890. The lowest BCUT2D eigenvalue weighted by atomic mass is 9.94. The van der Waals surface area contributed by atoms with E-state index in [2.05, 4.69) is 13.0 Å². The van der Waals surface area contributed by atoms with Crippen LogP contribution in [0.5, 0.6) is 0 Å². The summed E-state index contributed by atoms with van der Waals surface area (Å²) in [4.78, 5) is 10.5. The summed E-state index contributed by atoms with van der Waals surface area (Å²) in [6.45, 7) is 4.14. The standard InChI is InChI=1S/C14H16O2/c1-9-8-11-4-3-5-13(11)10(2)12(9)6-7-14(15)16/h6-8H,3-5H2,1-2H3,(H,15,16)/b7-6+. The van der Waals surface area contributed by atoms with E-state index in [1.807, 2.05) is 6.92 Å². The summed E-state index contributed by atoms with van der Waals surface area (Å²) in [7, 11) is 0. The molecule has 84 valence electrons. The van der Waals surface area contributed by atoms with Crippen LogP contribution in [0.1, 0.15) is 34.2 Å². The molecule has 0 unspecified atom stereocenters. The molecular weight excluding hydrogens is 200 g/mol. The van der Waals surface area contributed by atoms with Crippen LogP contribution in [0.2, 0.25) is 0 Å². The molecule has 1 aliphatic rings.